The number of carboxylic acids is 1. The number of amides is 1. The highest BCUT2D eigenvalue weighted by Crippen LogP contribution is 2.29. The molecule has 4 nitrogen and oxygen atoms in total. The molecule has 1 amide bonds. The summed E-state index contributed by atoms with van der Waals surface area (Å²) in [4.78, 5) is 23.1. The molecule has 0 atom stereocenters. The molecule has 0 fully saturated rings. The van der Waals surface area contributed by atoms with Crippen molar-refractivity contribution in [2.75, 3.05) is 0 Å². The Morgan fingerprint density at radius 2 is 1.59 bits per heavy atom. The number of carbonyl (C=O) groups excluding carboxylic acids is 1. The van der Waals surface area contributed by atoms with Crippen LogP contribution in [-0.4, -0.2) is 22.5 Å². The number of aliphatic carboxylic acids is 1. The van der Waals surface area contributed by atoms with Crippen LogP contribution in [0.2, 0.25) is 0 Å². The van der Waals surface area contributed by atoms with Crippen LogP contribution in [0.1, 0.15) is 49.0 Å². The van der Waals surface area contributed by atoms with E-state index >= 15 is 0 Å². The van der Waals surface area contributed by atoms with Crippen LogP contribution in [0.3, 0.4) is 0 Å². The molecule has 122 valence electrons. The number of benzene rings is 1. The fourth-order valence-electron chi connectivity index (χ4n) is 2.13. The molecular formula is C15H18F3NO3. The lowest BCUT2D eigenvalue weighted by Crippen LogP contribution is -2.49. The van der Waals surface area contributed by atoms with E-state index in [4.69, 9.17) is 5.11 Å². The van der Waals surface area contributed by atoms with Crippen LogP contribution in [0, 0.1) is 0 Å². The molecule has 0 bridgehead atoms. The van der Waals surface area contributed by atoms with Crippen molar-refractivity contribution >= 4 is 11.9 Å². The summed E-state index contributed by atoms with van der Waals surface area (Å²) in [5.74, 6) is -1.63. The third-order valence-corrected chi connectivity index (χ3v) is 3.70. The number of hydrogen-bond donors (Lipinski definition) is 2. The molecule has 0 spiro atoms. The van der Waals surface area contributed by atoms with Gasteiger partial charge in [-0.2, -0.15) is 13.2 Å². The normalized spacial score (nSPS) is 12.0. The van der Waals surface area contributed by atoms with E-state index in [1.807, 2.05) is 0 Å². The van der Waals surface area contributed by atoms with Gasteiger partial charge in [-0.25, -0.2) is 0 Å². The van der Waals surface area contributed by atoms with Gasteiger partial charge < -0.3 is 10.4 Å². The second-order valence-electron chi connectivity index (χ2n) is 5.09. The summed E-state index contributed by atoms with van der Waals surface area (Å²) in [6.07, 6.45) is -3.90. The maximum Gasteiger partial charge on any atom is 0.416 e. The molecule has 1 aromatic carbocycles. The van der Waals surface area contributed by atoms with Crippen molar-refractivity contribution in [3.05, 3.63) is 35.4 Å². The van der Waals surface area contributed by atoms with Crippen molar-refractivity contribution in [1.82, 2.24) is 5.32 Å². The Hall–Kier alpha value is -2.05. The van der Waals surface area contributed by atoms with Crippen molar-refractivity contribution in [3.63, 3.8) is 0 Å². The predicted octanol–water partition coefficient (Wildman–Crippen LogP) is 3.47. The minimum absolute atomic E-state index is 0.0599. The average molecular weight is 317 g/mol. The zero-order chi connectivity index (χ0) is 17.0. The standard InChI is InChI=1S/C15H18F3NO3/c1-3-14(4-2,9-12(20)21)19-13(22)10-5-7-11(8-6-10)15(16,17)18/h5-8H,3-4,9H2,1-2H3,(H,19,22)(H,20,21). The number of carboxylic acid groups (broad SMARTS) is 1. The summed E-state index contributed by atoms with van der Waals surface area (Å²) in [6.45, 7) is 3.50. The van der Waals surface area contributed by atoms with E-state index in [1.165, 1.54) is 0 Å². The number of hydrogen-bond acceptors (Lipinski definition) is 2. The largest absolute Gasteiger partial charge is 0.481 e. The number of nitrogens with one attached hydrogen (secondary N) is 1. The molecule has 0 saturated carbocycles. The van der Waals surface area contributed by atoms with E-state index < -0.39 is 29.2 Å². The Kier molecular flexibility index (Phi) is 5.57. The SMILES string of the molecule is CCC(CC)(CC(=O)O)NC(=O)c1ccc(C(F)(F)F)cc1. The fourth-order valence-corrected chi connectivity index (χ4v) is 2.13. The molecule has 1 aromatic rings. The Bertz CT molecular complexity index is 534. The molecule has 0 aliphatic rings. The zero-order valence-corrected chi connectivity index (χ0v) is 12.3. The lowest BCUT2D eigenvalue weighted by molar-refractivity contribution is -0.139. The minimum atomic E-state index is -4.46. The van der Waals surface area contributed by atoms with Gasteiger partial charge in [-0.15, -0.1) is 0 Å². The van der Waals surface area contributed by atoms with Crippen LogP contribution in [0.15, 0.2) is 24.3 Å². The first-order valence-corrected chi connectivity index (χ1v) is 6.85. The van der Waals surface area contributed by atoms with Crippen LogP contribution in [0.25, 0.3) is 0 Å². The molecule has 0 saturated heterocycles. The van der Waals surface area contributed by atoms with E-state index in [0.29, 0.717) is 12.8 Å². The topological polar surface area (TPSA) is 66.4 Å². The predicted molar refractivity (Wildman–Crippen MR) is 74.5 cm³/mol. The maximum atomic E-state index is 12.5. The second-order valence-corrected chi connectivity index (χ2v) is 5.09. The first kappa shape index (κ1) is 18.0. The first-order chi connectivity index (χ1) is 10.1. The molecule has 0 unspecified atom stereocenters. The zero-order valence-electron chi connectivity index (χ0n) is 12.3. The van der Waals surface area contributed by atoms with E-state index in [1.54, 1.807) is 13.8 Å². The summed E-state index contributed by atoms with van der Waals surface area (Å²) in [7, 11) is 0. The number of rotatable bonds is 6. The maximum absolute atomic E-state index is 12.5. The number of alkyl halides is 3. The summed E-state index contributed by atoms with van der Waals surface area (Å²) in [6, 6.07) is 3.81. The monoisotopic (exact) mass is 317 g/mol. The van der Waals surface area contributed by atoms with Gasteiger partial charge in [0.25, 0.3) is 5.91 Å². The quantitative estimate of drug-likeness (QED) is 0.844. The number of halogens is 3. The molecule has 0 aliphatic carbocycles. The second kappa shape index (κ2) is 6.81. The Morgan fingerprint density at radius 3 is 1.95 bits per heavy atom. The van der Waals surface area contributed by atoms with Gasteiger partial charge in [-0.1, -0.05) is 13.8 Å². The van der Waals surface area contributed by atoms with Crippen LogP contribution in [-0.2, 0) is 11.0 Å². The minimum Gasteiger partial charge on any atom is -0.481 e. The molecule has 0 radical (unpaired) electrons. The van der Waals surface area contributed by atoms with E-state index in [-0.39, 0.29) is 12.0 Å². The molecule has 2 N–H and O–H groups in total. The lowest BCUT2D eigenvalue weighted by atomic mass is 9.88. The summed E-state index contributed by atoms with van der Waals surface area (Å²) in [5.41, 5.74) is -1.69. The van der Waals surface area contributed by atoms with E-state index in [9.17, 15) is 22.8 Å². The van der Waals surface area contributed by atoms with Gasteiger partial charge in [0, 0.05) is 5.56 Å². The summed E-state index contributed by atoms with van der Waals surface area (Å²) < 4.78 is 37.4. The summed E-state index contributed by atoms with van der Waals surface area (Å²) >= 11 is 0. The van der Waals surface area contributed by atoms with Crippen molar-refractivity contribution in [2.24, 2.45) is 0 Å². The molecule has 0 aliphatic heterocycles. The molecule has 22 heavy (non-hydrogen) atoms. The van der Waals surface area contributed by atoms with Gasteiger partial charge in [0.05, 0.1) is 17.5 Å². The lowest BCUT2D eigenvalue weighted by Gasteiger charge is -2.31. The first-order valence-electron chi connectivity index (χ1n) is 6.85. The van der Waals surface area contributed by atoms with Gasteiger partial charge in [0.2, 0.25) is 0 Å². The molecule has 0 aromatic heterocycles. The van der Waals surface area contributed by atoms with Crippen LogP contribution in [0.5, 0.6) is 0 Å². The van der Waals surface area contributed by atoms with Gasteiger partial charge >= 0.3 is 12.1 Å². The van der Waals surface area contributed by atoms with Gasteiger partial charge in [-0.05, 0) is 37.1 Å². The highest BCUT2D eigenvalue weighted by Gasteiger charge is 2.32. The van der Waals surface area contributed by atoms with Crippen molar-refractivity contribution in [2.45, 2.75) is 44.8 Å². The smallest absolute Gasteiger partial charge is 0.416 e. The highest BCUT2D eigenvalue weighted by molar-refractivity contribution is 5.95. The third kappa shape index (κ3) is 4.47. The van der Waals surface area contributed by atoms with Crippen molar-refractivity contribution in [3.8, 4) is 0 Å². The Balaban J connectivity index is 2.93. The van der Waals surface area contributed by atoms with E-state index in [0.717, 1.165) is 24.3 Å². The molecule has 1 rings (SSSR count). The highest BCUT2D eigenvalue weighted by atomic mass is 19.4. The number of carbonyl (C=O) groups is 2. The summed E-state index contributed by atoms with van der Waals surface area (Å²) in [5, 5.41) is 11.6. The molecule has 0 heterocycles. The Morgan fingerprint density at radius 1 is 1.09 bits per heavy atom. The van der Waals surface area contributed by atoms with Gasteiger partial charge in [0.15, 0.2) is 0 Å². The van der Waals surface area contributed by atoms with E-state index in [2.05, 4.69) is 5.32 Å². The van der Waals surface area contributed by atoms with Crippen molar-refractivity contribution < 1.29 is 27.9 Å². The van der Waals surface area contributed by atoms with Crippen LogP contribution < -0.4 is 5.32 Å². The Labute approximate surface area is 126 Å². The average Bonchev–Trinajstić information content (AvgIpc) is 2.45. The van der Waals surface area contributed by atoms with Crippen LogP contribution >= 0.6 is 0 Å². The van der Waals surface area contributed by atoms with Crippen LogP contribution in [0.4, 0.5) is 13.2 Å². The molecular weight excluding hydrogens is 299 g/mol. The fraction of sp³-hybridized carbons (Fsp3) is 0.467. The van der Waals surface area contributed by atoms with Crippen molar-refractivity contribution in [1.29, 1.82) is 0 Å². The third-order valence-electron chi connectivity index (χ3n) is 3.70. The van der Waals surface area contributed by atoms with Gasteiger partial charge in [0.1, 0.15) is 0 Å². The van der Waals surface area contributed by atoms with Gasteiger partial charge in [-0.3, -0.25) is 9.59 Å². The molecule has 7 heteroatoms.